The van der Waals surface area contributed by atoms with Crippen molar-refractivity contribution in [2.24, 2.45) is 0 Å². The van der Waals surface area contributed by atoms with Crippen molar-refractivity contribution in [2.75, 3.05) is 6.54 Å². The predicted octanol–water partition coefficient (Wildman–Crippen LogP) is 2.75. The maximum Gasteiger partial charge on any atom is 0.265 e. The SMILES string of the molecule is O=C(C[C@@H](c1ccsc1)c1c(O)nc2ccccn2c1=O)NCCc1ccc(O)c(O)c1. The molecule has 3 aromatic heterocycles. The van der Waals surface area contributed by atoms with Crippen LogP contribution in [0.25, 0.3) is 5.65 Å². The van der Waals surface area contributed by atoms with Gasteiger partial charge in [-0.05, 0) is 58.6 Å². The number of carbonyl (C=O) groups is 1. The van der Waals surface area contributed by atoms with Gasteiger partial charge in [0.05, 0.1) is 5.56 Å². The molecule has 9 heteroatoms. The number of nitrogens with one attached hydrogen (secondary N) is 1. The molecule has 0 saturated heterocycles. The second-order valence-electron chi connectivity index (χ2n) is 7.32. The lowest BCUT2D eigenvalue weighted by Crippen LogP contribution is -2.30. The van der Waals surface area contributed by atoms with Gasteiger partial charge in [-0.1, -0.05) is 12.1 Å². The van der Waals surface area contributed by atoms with E-state index in [1.54, 1.807) is 30.5 Å². The number of amides is 1. The van der Waals surface area contributed by atoms with Crippen LogP contribution in [-0.4, -0.2) is 37.2 Å². The Labute approximate surface area is 187 Å². The minimum Gasteiger partial charge on any atom is -0.504 e. The Morgan fingerprint density at radius 1 is 1.12 bits per heavy atom. The number of thiophene rings is 1. The normalized spacial score (nSPS) is 12.0. The molecule has 32 heavy (non-hydrogen) atoms. The maximum atomic E-state index is 13.1. The Kier molecular flexibility index (Phi) is 6.09. The number of phenols is 2. The summed E-state index contributed by atoms with van der Waals surface area (Å²) in [6.45, 7) is 0.306. The van der Waals surface area contributed by atoms with Crippen molar-refractivity contribution >= 4 is 22.9 Å². The number of carbonyl (C=O) groups excluding carboxylic acids is 1. The van der Waals surface area contributed by atoms with Gasteiger partial charge in [-0.3, -0.25) is 14.0 Å². The summed E-state index contributed by atoms with van der Waals surface area (Å²) in [5.41, 5.74) is 1.48. The van der Waals surface area contributed by atoms with E-state index in [1.165, 1.54) is 27.9 Å². The predicted molar refractivity (Wildman–Crippen MR) is 120 cm³/mol. The molecule has 4 rings (SSSR count). The number of nitrogens with zero attached hydrogens (tertiary/aromatic N) is 2. The van der Waals surface area contributed by atoms with Crippen molar-refractivity contribution in [3.8, 4) is 17.4 Å². The van der Waals surface area contributed by atoms with E-state index in [1.807, 2.05) is 16.8 Å². The fraction of sp³-hybridized carbons (Fsp3) is 0.174. The lowest BCUT2D eigenvalue weighted by molar-refractivity contribution is -0.121. The molecule has 1 amide bonds. The topological polar surface area (TPSA) is 124 Å². The van der Waals surface area contributed by atoms with Gasteiger partial charge in [-0.25, -0.2) is 0 Å². The van der Waals surface area contributed by atoms with Crippen molar-refractivity contribution in [1.29, 1.82) is 0 Å². The minimum absolute atomic E-state index is 0.0407. The zero-order valence-corrected chi connectivity index (χ0v) is 17.7. The highest BCUT2D eigenvalue weighted by molar-refractivity contribution is 7.08. The van der Waals surface area contributed by atoms with Gasteiger partial charge in [-0.15, -0.1) is 0 Å². The van der Waals surface area contributed by atoms with Gasteiger partial charge in [0.15, 0.2) is 11.5 Å². The Balaban J connectivity index is 1.55. The first kappa shape index (κ1) is 21.4. The summed E-state index contributed by atoms with van der Waals surface area (Å²) in [6.07, 6.45) is 1.99. The van der Waals surface area contributed by atoms with E-state index in [0.29, 0.717) is 18.6 Å². The van der Waals surface area contributed by atoms with Crippen LogP contribution in [0.15, 0.2) is 64.2 Å². The number of aromatic nitrogens is 2. The van der Waals surface area contributed by atoms with Gasteiger partial charge in [0.25, 0.3) is 5.56 Å². The van der Waals surface area contributed by atoms with E-state index < -0.39 is 11.5 Å². The molecular formula is C23H21N3O5S. The minimum atomic E-state index is -0.656. The van der Waals surface area contributed by atoms with Crippen molar-refractivity contribution in [3.63, 3.8) is 0 Å². The van der Waals surface area contributed by atoms with E-state index >= 15 is 0 Å². The number of hydrogen-bond acceptors (Lipinski definition) is 7. The summed E-state index contributed by atoms with van der Waals surface area (Å²) < 4.78 is 1.35. The van der Waals surface area contributed by atoms with E-state index in [-0.39, 0.29) is 35.3 Å². The van der Waals surface area contributed by atoms with E-state index in [0.717, 1.165) is 11.1 Å². The van der Waals surface area contributed by atoms with Gasteiger partial charge in [-0.2, -0.15) is 16.3 Å². The van der Waals surface area contributed by atoms with Crippen molar-refractivity contribution in [1.82, 2.24) is 14.7 Å². The van der Waals surface area contributed by atoms with Crippen LogP contribution in [0.3, 0.4) is 0 Å². The second-order valence-corrected chi connectivity index (χ2v) is 8.10. The summed E-state index contributed by atoms with van der Waals surface area (Å²) in [5.74, 6) is -1.75. The van der Waals surface area contributed by atoms with Gasteiger partial charge in [0.1, 0.15) is 5.65 Å². The molecule has 164 valence electrons. The van der Waals surface area contributed by atoms with Crippen LogP contribution >= 0.6 is 11.3 Å². The highest BCUT2D eigenvalue weighted by Gasteiger charge is 2.26. The summed E-state index contributed by atoms with van der Waals surface area (Å²) in [6, 6.07) is 11.4. The van der Waals surface area contributed by atoms with Crippen molar-refractivity contribution in [3.05, 3.63) is 86.5 Å². The monoisotopic (exact) mass is 451 g/mol. The molecule has 0 radical (unpaired) electrons. The second kappa shape index (κ2) is 9.11. The van der Waals surface area contributed by atoms with Gasteiger partial charge >= 0.3 is 0 Å². The Bertz CT molecular complexity index is 1320. The molecule has 0 saturated carbocycles. The molecule has 4 N–H and O–H groups in total. The maximum absolute atomic E-state index is 13.1. The fourth-order valence-electron chi connectivity index (χ4n) is 3.58. The molecule has 0 fully saturated rings. The molecule has 0 aliphatic rings. The Morgan fingerprint density at radius 2 is 1.97 bits per heavy atom. The van der Waals surface area contributed by atoms with Crippen LogP contribution in [0.5, 0.6) is 17.4 Å². The molecule has 1 atom stereocenters. The quantitative estimate of drug-likeness (QED) is 0.320. The van der Waals surface area contributed by atoms with Gasteiger partial charge < -0.3 is 20.6 Å². The lowest BCUT2D eigenvalue weighted by atomic mass is 9.91. The molecule has 0 aliphatic carbocycles. The van der Waals surface area contributed by atoms with Crippen LogP contribution in [0, 0.1) is 0 Å². The smallest absolute Gasteiger partial charge is 0.265 e. The lowest BCUT2D eigenvalue weighted by Gasteiger charge is -2.17. The van der Waals surface area contributed by atoms with Crippen LogP contribution in [0.2, 0.25) is 0 Å². The summed E-state index contributed by atoms with van der Waals surface area (Å²) in [7, 11) is 0. The number of aromatic hydroxyl groups is 3. The molecule has 0 unspecified atom stereocenters. The Morgan fingerprint density at radius 3 is 2.72 bits per heavy atom. The number of rotatable bonds is 7. The average Bonchev–Trinajstić information content (AvgIpc) is 3.30. The number of benzene rings is 1. The largest absolute Gasteiger partial charge is 0.504 e. The molecule has 4 aromatic rings. The summed E-state index contributed by atoms with van der Waals surface area (Å²) in [5, 5.41) is 36.0. The van der Waals surface area contributed by atoms with Crippen LogP contribution in [0.1, 0.15) is 29.0 Å². The first-order valence-corrected chi connectivity index (χ1v) is 10.9. The van der Waals surface area contributed by atoms with Crippen molar-refractivity contribution < 1.29 is 20.1 Å². The average molecular weight is 452 g/mol. The molecular weight excluding hydrogens is 430 g/mol. The van der Waals surface area contributed by atoms with Gasteiger partial charge in [0.2, 0.25) is 11.8 Å². The molecule has 0 bridgehead atoms. The molecule has 3 heterocycles. The standard InChI is InChI=1S/C23H21N3O5S/c27-17-5-4-14(11-18(17)28)6-8-24-20(29)12-16(15-7-10-32-13-15)21-22(30)25-19-3-1-2-9-26(19)23(21)31/h1-5,7,9-11,13,16,27-28,30H,6,8,12H2,(H,24,29)/t16-/m0/s1. The first-order valence-electron chi connectivity index (χ1n) is 9.94. The molecule has 0 aliphatic heterocycles. The number of phenolic OH excluding ortho intramolecular Hbond substituents is 2. The highest BCUT2D eigenvalue weighted by atomic mass is 32.1. The third-order valence-corrected chi connectivity index (χ3v) is 5.91. The number of hydrogen-bond donors (Lipinski definition) is 4. The number of pyridine rings is 1. The molecule has 0 spiro atoms. The van der Waals surface area contributed by atoms with E-state index in [4.69, 9.17) is 0 Å². The molecule has 8 nitrogen and oxygen atoms in total. The zero-order chi connectivity index (χ0) is 22.7. The van der Waals surface area contributed by atoms with Crippen LogP contribution in [0.4, 0.5) is 0 Å². The Hall–Kier alpha value is -3.85. The number of fused-ring (bicyclic) bond motifs is 1. The van der Waals surface area contributed by atoms with E-state index in [2.05, 4.69) is 10.3 Å². The molecule has 1 aromatic carbocycles. The third kappa shape index (κ3) is 4.42. The van der Waals surface area contributed by atoms with Crippen LogP contribution < -0.4 is 10.9 Å². The van der Waals surface area contributed by atoms with Gasteiger partial charge in [0, 0.05) is 25.1 Å². The first-order chi connectivity index (χ1) is 15.4. The highest BCUT2D eigenvalue weighted by Crippen LogP contribution is 2.32. The third-order valence-electron chi connectivity index (χ3n) is 5.21. The van der Waals surface area contributed by atoms with Crippen molar-refractivity contribution in [2.45, 2.75) is 18.8 Å². The fourth-order valence-corrected chi connectivity index (χ4v) is 4.30. The van der Waals surface area contributed by atoms with Crippen LogP contribution in [-0.2, 0) is 11.2 Å². The summed E-state index contributed by atoms with van der Waals surface area (Å²) >= 11 is 1.44. The van der Waals surface area contributed by atoms with E-state index in [9.17, 15) is 24.9 Å². The summed E-state index contributed by atoms with van der Waals surface area (Å²) in [4.78, 5) is 30.0. The zero-order valence-electron chi connectivity index (χ0n) is 16.9.